The van der Waals surface area contributed by atoms with Gasteiger partial charge >= 0.3 is 26.2 Å². The predicted octanol–water partition coefficient (Wildman–Crippen LogP) is -2.02. The van der Waals surface area contributed by atoms with Crippen molar-refractivity contribution in [1.29, 1.82) is 0 Å². The zero-order chi connectivity index (χ0) is 30.2. The van der Waals surface area contributed by atoms with E-state index >= 15 is 0 Å². The maximum absolute atomic E-state index is 10.8. The molecular formula is C28H36O12Zr. The Kier molecular flexibility index (Phi) is 19.1. The van der Waals surface area contributed by atoms with Crippen LogP contribution in [0.4, 0.5) is 0 Å². The zero-order valence-corrected chi connectivity index (χ0v) is 25.5. The fourth-order valence-electron chi connectivity index (χ4n) is 4.93. The van der Waals surface area contributed by atoms with Crippen LogP contribution in [0.3, 0.4) is 0 Å². The number of carbonyl (C=O) groups excluding carboxylic acids is 8. The molecule has 0 amide bonds. The molecule has 0 radical (unpaired) electrons. The van der Waals surface area contributed by atoms with Crippen LogP contribution in [0.1, 0.15) is 103 Å². The molecule has 0 bridgehead atoms. The first-order chi connectivity index (χ1) is 18.9. The number of carboxylic acid groups (broad SMARTS) is 4. The van der Waals surface area contributed by atoms with Crippen molar-refractivity contribution >= 4 is 47.0 Å². The number of Topliss-reactive ketones (excluding diaryl/α,β-unsaturated/α-hetero) is 4. The Morgan fingerprint density at radius 3 is 0.659 bits per heavy atom. The van der Waals surface area contributed by atoms with Gasteiger partial charge in [0.2, 0.25) is 0 Å². The van der Waals surface area contributed by atoms with Gasteiger partial charge in [-0.2, -0.15) is 0 Å². The van der Waals surface area contributed by atoms with Crippen LogP contribution in [0.15, 0.2) is 0 Å². The average Bonchev–Trinajstić information content (AvgIpc) is 2.90. The summed E-state index contributed by atoms with van der Waals surface area (Å²) in [4.78, 5) is 84.2. The van der Waals surface area contributed by atoms with Gasteiger partial charge in [-0.3, -0.25) is 19.2 Å². The predicted molar refractivity (Wildman–Crippen MR) is 128 cm³/mol. The summed E-state index contributed by atoms with van der Waals surface area (Å²) in [6.07, 6.45) is 10.2. The van der Waals surface area contributed by atoms with Crippen LogP contribution in [0.25, 0.3) is 0 Å². The molecule has 0 saturated heterocycles. The van der Waals surface area contributed by atoms with Crippen LogP contribution < -0.4 is 20.4 Å². The number of carbonyl (C=O) groups is 8. The maximum Gasteiger partial charge on any atom is 4.00 e. The first kappa shape index (κ1) is 38.4. The monoisotopic (exact) mass is 654 g/mol. The topological polar surface area (TPSA) is 229 Å². The van der Waals surface area contributed by atoms with Crippen molar-refractivity contribution in [2.24, 2.45) is 23.7 Å². The van der Waals surface area contributed by atoms with Crippen LogP contribution in [0, 0.1) is 23.7 Å². The third-order valence-electron chi connectivity index (χ3n) is 7.36. The molecule has 0 N–H and O–H groups in total. The van der Waals surface area contributed by atoms with E-state index in [1.165, 1.54) is 0 Å². The minimum Gasteiger partial charge on any atom is -0.549 e. The van der Waals surface area contributed by atoms with Gasteiger partial charge in [0.05, 0.1) is 47.5 Å². The molecule has 224 valence electrons. The van der Waals surface area contributed by atoms with Crippen LogP contribution in [0.2, 0.25) is 0 Å². The molecule has 0 aliphatic heterocycles. The van der Waals surface area contributed by atoms with Gasteiger partial charge in [-0.05, 0) is 51.4 Å². The summed E-state index contributed by atoms with van der Waals surface area (Å²) in [5, 5.41) is 40.9. The average molecular weight is 656 g/mol. The molecule has 4 rings (SSSR count). The van der Waals surface area contributed by atoms with Crippen molar-refractivity contribution < 1.29 is 85.0 Å². The van der Waals surface area contributed by atoms with Crippen LogP contribution in [0.5, 0.6) is 0 Å². The largest absolute Gasteiger partial charge is 4.00 e. The van der Waals surface area contributed by atoms with Crippen molar-refractivity contribution in [1.82, 2.24) is 0 Å². The Morgan fingerprint density at radius 2 is 0.561 bits per heavy atom. The molecule has 4 atom stereocenters. The number of rotatable bonds is 4. The number of hydrogen-bond donors (Lipinski definition) is 0. The molecule has 41 heavy (non-hydrogen) atoms. The Hall–Kier alpha value is -2.56. The minimum absolute atomic E-state index is 0. The molecular weight excluding hydrogens is 620 g/mol. The van der Waals surface area contributed by atoms with Gasteiger partial charge in [-0.25, -0.2) is 0 Å². The van der Waals surface area contributed by atoms with Crippen LogP contribution >= 0.6 is 0 Å². The molecule has 0 aromatic carbocycles. The molecule has 4 unspecified atom stereocenters. The molecule has 0 spiro atoms. The number of ketones is 4. The van der Waals surface area contributed by atoms with Crippen molar-refractivity contribution in [3.63, 3.8) is 0 Å². The number of aliphatic carboxylic acids is 4. The smallest absolute Gasteiger partial charge is 0.549 e. The second kappa shape index (κ2) is 20.3. The van der Waals surface area contributed by atoms with Crippen LogP contribution in [-0.4, -0.2) is 47.0 Å². The van der Waals surface area contributed by atoms with E-state index in [1.54, 1.807) is 0 Å². The fraction of sp³-hybridized carbons (Fsp3) is 0.714. The molecule has 0 aromatic rings. The van der Waals surface area contributed by atoms with Crippen molar-refractivity contribution in [2.75, 3.05) is 0 Å². The van der Waals surface area contributed by atoms with E-state index in [4.69, 9.17) is 0 Å². The summed E-state index contributed by atoms with van der Waals surface area (Å²) in [6.45, 7) is 0. The third kappa shape index (κ3) is 14.3. The molecule has 4 aliphatic carbocycles. The normalized spacial score (nSPS) is 25.8. The van der Waals surface area contributed by atoms with Crippen LogP contribution in [-0.2, 0) is 64.6 Å². The Labute approximate surface area is 257 Å². The van der Waals surface area contributed by atoms with E-state index < -0.39 is 47.5 Å². The van der Waals surface area contributed by atoms with E-state index in [-0.39, 0.29) is 49.3 Å². The molecule has 13 heteroatoms. The molecule has 0 heterocycles. The molecule has 12 nitrogen and oxygen atoms in total. The first-order valence-electron chi connectivity index (χ1n) is 13.8. The molecule has 4 fully saturated rings. The first-order valence-corrected chi connectivity index (χ1v) is 13.8. The molecule has 4 aliphatic rings. The van der Waals surface area contributed by atoms with Gasteiger partial charge in [0.25, 0.3) is 0 Å². The zero-order valence-electron chi connectivity index (χ0n) is 23.0. The van der Waals surface area contributed by atoms with E-state index in [0.717, 1.165) is 51.4 Å². The summed E-state index contributed by atoms with van der Waals surface area (Å²) >= 11 is 0. The maximum atomic E-state index is 10.8. The third-order valence-corrected chi connectivity index (χ3v) is 7.36. The SMILES string of the molecule is O=C([O-])C1CCCCC1=O.O=C([O-])C1CCCCC1=O.O=C([O-])C1CCCCC1=O.O=C([O-])C1CCCCC1=O.[Zr+4]. The van der Waals surface area contributed by atoms with Gasteiger partial charge < -0.3 is 39.6 Å². The molecule has 4 saturated carbocycles. The summed E-state index contributed by atoms with van der Waals surface area (Å²) in [7, 11) is 0. The Balaban J connectivity index is 0.000000516. The number of carboxylic acids is 4. The Bertz CT molecular complexity index is 808. The van der Waals surface area contributed by atoms with Gasteiger partial charge in [0, 0.05) is 25.7 Å². The summed E-state index contributed by atoms with van der Waals surface area (Å²) in [6, 6.07) is 0. The van der Waals surface area contributed by atoms with Crippen molar-refractivity contribution in [3.8, 4) is 0 Å². The van der Waals surface area contributed by atoms with E-state index in [9.17, 15) is 58.8 Å². The van der Waals surface area contributed by atoms with Gasteiger partial charge in [-0.1, -0.05) is 25.7 Å². The summed E-state index contributed by atoms with van der Waals surface area (Å²) in [5.41, 5.74) is 0. The summed E-state index contributed by atoms with van der Waals surface area (Å²) < 4.78 is 0. The van der Waals surface area contributed by atoms with Gasteiger partial charge in [0.1, 0.15) is 23.1 Å². The van der Waals surface area contributed by atoms with Crippen molar-refractivity contribution in [2.45, 2.75) is 103 Å². The van der Waals surface area contributed by atoms with Crippen molar-refractivity contribution in [3.05, 3.63) is 0 Å². The van der Waals surface area contributed by atoms with E-state index in [0.29, 0.717) is 51.4 Å². The summed E-state index contributed by atoms with van der Waals surface area (Å²) in [5.74, 6) is -8.70. The van der Waals surface area contributed by atoms with E-state index in [1.807, 2.05) is 0 Å². The van der Waals surface area contributed by atoms with Gasteiger partial charge in [-0.15, -0.1) is 0 Å². The second-order valence-corrected chi connectivity index (χ2v) is 10.3. The second-order valence-electron chi connectivity index (χ2n) is 10.3. The quantitative estimate of drug-likeness (QED) is 0.299. The molecule has 0 aromatic heterocycles. The Morgan fingerprint density at radius 1 is 0.390 bits per heavy atom. The minimum atomic E-state index is -1.20. The fourth-order valence-corrected chi connectivity index (χ4v) is 4.93. The number of hydrogen-bond acceptors (Lipinski definition) is 12. The van der Waals surface area contributed by atoms with Gasteiger partial charge in [0.15, 0.2) is 0 Å². The standard InChI is InChI=1S/4C7H10O3.Zr/c4*8-6-4-2-1-3-5(6)7(9)10;/h4*5H,1-4H2,(H,9,10);/q;;;;+4/p-4. The van der Waals surface area contributed by atoms with E-state index in [2.05, 4.69) is 0 Å².